The number of carboxylic acids is 1. The number of nitrogens with one attached hydrogen (secondary N) is 1. The van der Waals surface area contributed by atoms with Crippen molar-refractivity contribution in [1.82, 2.24) is 5.32 Å². The largest absolute Gasteiger partial charge is 0.476 e. The van der Waals surface area contributed by atoms with E-state index in [0.717, 1.165) is 0 Å². The Balaban J connectivity index is 3.68. The van der Waals surface area contributed by atoms with Crippen LogP contribution < -0.4 is 10.5 Å². The summed E-state index contributed by atoms with van der Waals surface area (Å²) in [6, 6.07) is 0. The molecule has 0 saturated carbocycles. The van der Waals surface area contributed by atoms with E-state index in [-0.39, 0.29) is 31.6 Å². The molecule has 8 nitrogen and oxygen atoms in total. The molecule has 0 heterocycles. The minimum Gasteiger partial charge on any atom is -0.476 e. The second-order valence-corrected chi connectivity index (χ2v) is 5.03. The Kier molecular flexibility index (Phi) is 6.36. The topological polar surface area (TPSA) is 144 Å². The smallest absolute Gasteiger partial charge is 0.372 e. The van der Waals surface area contributed by atoms with Gasteiger partial charge in [0.05, 0.1) is 5.75 Å². The number of aliphatic carboxylic acids is 1. The van der Waals surface area contributed by atoms with E-state index in [2.05, 4.69) is 5.32 Å². The number of carbonyl (C=O) groups is 3. The Morgan fingerprint density at radius 3 is 2.24 bits per heavy atom. The van der Waals surface area contributed by atoms with Crippen LogP contribution in [0.25, 0.3) is 0 Å². The number of hydrogen-bond acceptors (Lipinski definition) is 5. The van der Waals surface area contributed by atoms with E-state index in [0.29, 0.717) is 0 Å². The molecular formula is C8H14N2O6S. The van der Waals surface area contributed by atoms with E-state index in [1.54, 1.807) is 0 Å². The highest BCUT2D eigenvalue weighted by atomic mass is 32.2. The summed E-state index contributed by atoms with van der Waals surface area (Å²) >= 11 is 0. The van der Waals surface area contributed by atoms with Crippen molar-refractivity contribution in [3.63, 3.8) is 0 Å². The minimum absolute atomic E-state index is 0.0381. The molecule has 0 aliphatic rings. The molecule has 0 aromatic carbocycles. The number of ketones is 1. The minimum atomic E-state index is -3.61. The van der Waals surface area contributed by atoms with Crippen molar-refractivity contribution in [1.29, 1.82) is 0 Å². The highest BCUT2D eigenvalue weighted by molar-refractivity contribution is 7.89. The molecule has 0 unspecified atom stereocenters. The Hall–Kier alpha value is -1.48. The molecule has 17 heavy (non-hydrogen) atoms. The molecule has 0 atom stereocenters. The van der Waals surface area contributed by atoms with Crippen LogP contribution in [0, 0.1) is 0 Å². The third-order valence-corrected chi connectivity index (χ3v) is 2.53. The Morgan fingerprint density at radius 1 is 1.18 bits per heavy atom. The number of nitrogens with two attached hydrogens (primary N) is 1. The van der Waals surface area contributed by atoms with Crippen molar-refractivity contribution in [2.45, 2.75) is 19.3 Å². The molecular weight excluding hydrogens is 252 g/mol. The number of carbonyl (C=O) groups excluding carboxylic acids is 2. The van der Waals surface area contributed by atoms with E-state index < -0.39 is 27.7 Å². The second kappa shape index (κ2) is 6.97. The number of rotatable bonds is 8. The van der Waals surface area contributed by atoms with Crippen LogP contribution in [0.15, 0.2) is 0 Å². The van der Waals surface area contributed by atoms with Crippen LogP contribution >= 0.6 is 0 Å². The molecule has 0 bridgehead atoms. The van der Waals surface area contributed by atoms with Gasteiger partial charge in [-0.3, -0.25) is 9.59 Å². The summed E-state index contributed by atoms with van der Waals surface area (Å²) in [4.78, 5) is 31.8. The van der Waals surface area contributed by atoms with E-state index in [1.807, 2.05) is 0 Å². The average molecular weight is 266 g/mol. The average Bonchev–Trinajstić information content (AvgIpc) is 2.15. The summed E-state index contributed by atoms with van der Waals surface area (Å²) in [5, 5.41) is 15.2. The Labute approximate surface area is 98.2 Å². The summed E-state index contributed by atoms with van der Waals surface area (Å²) in [5.41, 5.74) is 0. The molecule has 0 spiro atoms. The number of carboxylic acid groups (broad SMARTS) is 1. The van der Waals surface area contributed by atoms with Crippen LogP contribution in [-0.4, -0.2) is 43.5 Å². The second-order valence-electron chi connectivity index (χ2n) is 3.30. The lowest BCUT2D eigenvalue weighted by molar-refractivity contribution is -0.149. The quantitative estimate of drug-likeness (QED) is 0.443. The maximum absolute atomic E-state index is 11.1. The molecule has 0 rings (SSSR count). The van der Waals surface area contributed by atoms with Gasteiger partial charge in [-0.15, -0.1) is 0 Å². The first-order valence-corrected chi connectivity index (χ1v) is 6.47. The fourth-order valence-electron chi connectivity index (χ4n) is 0.938. The van der Waals surface area contributed by atoms with Crippen molar-refractivity contribution in [3.05, 3.63) is 0 Å². The summed E-state index contributed by atoms with van der Waals surface area (Å²) in [6.07, 6.45) is -0.159. The third kappa shape index (κ3) is 9.45. The lowest BCUT2D eigenvalue weighted by atomic mass is 10.2. The van der Waals surface area contributed by atoms with Crippen molar-refractivity contribution in [2.75, 3.05) is 12.3 Å². The lowest BCUT2D eigenvalue weighted by Crippen LogP contribution is -2.31. The zero-order chi connectivity index (χ0) is 13.5. The fraction of sp³-hybridized carbons (Fsp3) is 0.625. The van der Waals surface area contributed by atoms with E-state index in [4.69, 9.17) is 10.2 Å². The predicted molar refractivity (Wildman–Crippen MR) is 57.5 cm³/mol. The van der Waals surface area contributed by atoms with Gasteiger partial charge < -0.3 is 10.4 Å². The Bertz CT molecular complexity index is 402. The first-order valence-electron chi connectivity index (χ1n) is 4.75. The first-order chi connectivity index (χ1) is 7.72. The SMILES string of the molecule is NS(=O)(=O)CCNC(=O)CCCC(=O)C(=O)O. The van der Waals surface area contributed by atoms with Crippen LogP contribution in [0.1, 0.15) is 19.3 Å². The maximum Gasteiger partial charge on any atom is 0.372 e. The molecule has 0 saturated heterocycles. The van der Waals surface area contributed by atoms with Gasteiger partial charge in [0, 0.05) is 19.4 Å². The number of sulfonamides is 1. The molecule has 98 valence electrons. The van der Waals surface area contributed by atoms with Gasteiger partial charge in [0.25, 0.3) is 0 Å². The first kappa shape index (κ1) is 15.5. The third-order valence-electron chi connectivity index (χ3n) is 1.75. The van der Waals surface area contributed by atoms with Gasteiger partial charge in [0.1, 0.15) is 0 Å². The molecule has 1 amide bonds. The van der Waals surface area contributed by atoms with Crippen LogP contribution in [0.2, 0.25) is 0 Å². The van der Waals surface area contributed by atoms with Crippen molar-refractivity contribution in [2.24, 2.45) is 5.14 Å². The zero-order valence-electron chi connectivity index (χ0n) is 9.01. The van der Waals surface area contributed by atoms with Crippen LogP contribution in [0.4, 0.5) is 0 Å². The fourth-order valence-corrected chi connectivity index (χ4v) is 1.32. The van der Waals surface area contributed by atoms with Gasteiger partial charge in [0.15, 0.2) is 0 Å². The van der Waals surface area contributed by atoms with Crippen molar-refractivity contribution >= 4 is 27.7 Å². The summed E-state index contributed by atoms with van der Waals surface area (Å²) < 4.78 is 21.0. The Morgan fingerprint density at radius 2 is 1.76 bits per heavy atom. The van der Waals surface area contributed by atoms with E-state index in [1.165, 1.54) is 0 Å². The molecule has 4 N–H and O–H groups in total. The number of Topliss-reactive ketones (excluding diaryl/α,β-unsaturated/α-hetero) is 1. The van der Waals surface area contributed by atoms with Gasteiger partial charge in [-0.25, -0.2) is 18.4 Å². The number of hydrogen-bond donors (Lipinski definition) is 3. The van der Waals surface area contributed by atoms with Crippen LogP contribution in [0.3, 0.4) is 0 Å². The van der Waals surface area contributed by atoms with Crippen molar-refractivity contribution in [3.8, 4) is 0 Å². The maximum atomic E-state index is 11.1. The molecule has 0 radical (unpaired) electrons. The summed E-state index contributed by atoms with van der Waals surface area (Å²) in [5.74, 6) is -3.30. The lowest BCUT2D eigenvalue weighted by Gasteiger charge is -2.03. The molecule has 0 fully saturated rings. The number of amides is 1. The normalized spacial score (nSPS) is 10.9. The molecule has 9 heteroatoms. The van der Waals surface area contributed by atoms with E-state index >= 15 is 0 Å². The predicted octanol–water partition coefficient (Wildman–Crippen LogP) is -1.78. The van der Waals surface area contributed by atoms with Gasteiger partial charge >= 0.3 is 5.97 Å². The van der Waals surface area contributed by atoms with Gasteiger partial charge in [-0.2, -0.15) is 0 Å². The molecule has 0 aromatic rings. The highest BCUT2D eigenvalue weighted by Crippen LogP contribution is 1.96. The summed E-state index contributed by atoms with van der Waals surface area (Å²) in [7, 11) is -3.61. The van der Waals surface area contributed by atoms with Gasteiger partial charge in [-0.05, 0) is 6.42 Å². The zero-order valence-corrected chi connectivity index (χ0v) is 9.83. The summed E-state index contributed by atoms with van der Waals surface area (Å²) in [6.45, 7) is -0.107. The van der Waals surface area contributed by atoms with Gasteiger partial charge in [0.2, 0.25) is 21.7 Å². The molecule has 0 aromatic heterocycles. The standard InChI is InChI=1S/C8H14N2O6S/c9-17(15,16)5-4-10-7(12)3-1-2-6(11)8(13)14/h1-5H2,(H,10,12)(H,13,14)(H2,9,15,16). The highest BCUT2D eigenvalue weighted by Gasteiger charge is 2.12. The monoisotopic (exact) mass is 266 g/mol. The van der Waals surface area contributed by atoms with Crippen LogP contribution in [-0.2, 0) is 24.4 Å². The van der Waals surface area contributed by atoms with Gasteiger partial charge in [-0.1, -0.05) is 0 Å². The van der Waals surface area contributed by atoms with Crippen molar-refractivity contribution < 1.29 is 27.9 Å². The molecule has 0 aliphatic heterocycles. The van der Waals surface area contributed by atoms with Crippen LogP contribution in [0.5, 0.6) is 0 Å². The van der Waals surface area contributed by atoms with E-state index in [9.17, 15) is 22.8 Å². The molecule has 0 aliphatic carbocycles. The number of primary sulfonamides is 1.